The predicted octanol–water partition coefficient (Wildman–Crippen LogP) is 4.10. The first-order chi connectivity index (χ1) is 14.1. The molecule has 1 amide bonds. The number of nitrogens with one attached hydrogen (secondary N) is 1. The van der Waals surface area contributed by atoms with Crippen LogP contribution in [0.2, 0.25) is 0 Å². The monoisotopic (exact) mass is 414 g/mol. The third-order valence-corrected chi connectivity index (χ3v) is 6.25. The molecule has 0 spiro atoms. The Bertz CT molecular complexity index is 968. The van der Waals surface area contributed by atoms with Crippen molar-refractivity contribution in [2.75, 3.05) is 13.2 Å². The van der Waals surface area contributed by atoms with Crippen LogP contribution in [0.3, 0.4) is 0 Å². The van der Waals surface area contributed by atoms with Crippen LogP contribution in [0.25, 0.3) is 11.3 Å². The quantitative estimate of drug-likeness (QED) is 0.530. The van der Waals surface area contributed by atoms with Gasteiger partial charge in [-0.3, -0.25) is 9.36 Å². The molecule has 0 fully saturated rings. The zero-order chi connectivity index (χ0) is 20.7. The maximum absolute atomic E-state index is 13.5. The lowest BCUT2D eigenvalue weighted by Gasteiger charge is -2.26. The predicted molar refractivity (Wildman–Crippen MR) is 109 cm³/mol. The summed E-state index contributed by atoms with van der Waals surface area (Å²) in [5.41, 5.74) is 1.83. The van der Waals surface area contributed by atoms with E-state index in [1.807, 2.05) is 36.4 Å². The number of hydrogen-bond donors (Lipinski definition) is 1. The smallest absolute Gasteiger partial charge is 0.320 e. The summed E-state index contributed by atoms with van der Waals surface area (Å²) in [4.78, 5) is 12.8. The molecule has 1 heterocycles. The fourth-order valence-electron chi connectivity index (χ4n) is 2.76. The highest BCUT2D eigenvalue weighted by Crippen LogP contribution is 2.57. The first kappa shape index (κ1) is 20.9. The lowest BCUT2D eigenvalue weighted by molar-refractivity contribution is 0.0917. The number of aromatic nitrogens is 3. The van der Waals surface area contributed by atoms with Crippen molar-refractivity contribution in [3.8, 4) is 11.3 Å². The molecule has 1 aromatic heterocycles. The zero-order valence-corrected chi connectivity index (χ0v) is 17.2. The van der Waals surface area contributed by atoms with Crippen LogP contribution in [0.1, 0.15) is 30.1 Å². The topological polar surface area (TPSA) is 95.3 Å². The number of nitrogens with zero attached hydrogens (tertiary/aromatic N) is 3. The molecule has 3 aromatic rings. The molecule has 152 valence electrons. The maximum atomic E-state index is 13.5. The molecule has 2 aromatic carbocycles. The number of rotatable bonds is 9. The Morgan fingerprint density at radius 3 is 2.21 bits per heavy atom. The molecule has 0 saturated heterocycles. The Kier molecular flexibility index (Phi) is 6.93. The highest BCUT2D eigenvalue weighted by molar-refractivity contribution is 7.53. The van der Waals surface area contributed by atoms with Crippen LogP contribution in [0.5, 0.6) is 0 Å². The molecule has 29 heavy (non-hydrogen) atoms. The third-order valence-electron chi connectivity index (χ3n) is 4.04. The van der Waals surface area contributed by atoms with Crippen molar-refractivity contribution in [1.29, 1.82) is 0 Å². The summed E-state index contributed by atoms with van der Waals surface area (Å²) in [6.45, 7) is 3.71. The molecule has 0 aliphatic rings. The zero-order valence-electron chi connectivity index (χ0n) is 16.3. The molecule has 9 heteroatoms. The summed E-state index contributed by atoms with van der Waals surface area (Å²) in [7, 11) is -3.78. The van der Waals surface area contributed by atoms with Gasteiger partial charge in [-0.15, -0.1) is 5.10 Å². The van der Waals surface area contributed by atoms with Crippen LogP contribution >= 0.6 is 7.60 Å². The van der Waals surface area contributed by atoms with Gasteiger partial charge in [0.1, 0.15) is 5.69 Å². The van der Waals surface area contributed by atoms with E-state index in [1.165, 1.54) is 4.68 Å². The minimum Gasteiger partial charge on any atom is -0.320 e. The van der Waals surface area contributed by atoms with Crippen molar-refractivity contribution in [3.63, 3.8) is 0 Å². The summed E-state index contributed by atoms with van der Waals surface area (Å²) in [5, 5.41) is 11.0. The van der Waals surface area contributed by atoms with Gasteiger partial charge in [-0.25, -0.2) is 4.68 Å². The molecule has 0 saturated carbocycles. The second kappa shape index (κ2) is 9.60. The standard InChI is InChI=1S/C20H23N4O4P/c1-3-27-29(26,28-4-2)20(21-19(25)17-13-9-6-10-14-17)24-15-18(22-23-24)16-11-7-5-8-12-16/h5-15,20H,3-4H2,1-2H3,(H,21,25). The molecule has 3 rings (SSSR count). The summed E-state index contributed by atoms with van der Waals surface area (Å²) >= 11 is 0. The van der Waals surface area contributed by atoms with E-state index in [0.29, 0.717) is 11.3 Å². The SMILES string of the molecule is CCOP(=O)(OCC)C(NC(=O)c1ccccc1)n1cc(-c2ccccc2)nn1. The number of hydrogen-bond acceptors (Lipinski definition) is 6. The first-order valence-electron chi connectivity index (χ1n) is 9.29. The van der Waals surface area contributed by atoms with E-state index >= 15 is 0 Å². The molecule has 1 unspecified atom stereocenters. The number of benzene rings is 2. The van der Waals surface area contributed by atoms with E-state index in [4.69, 9.17) is 9.05 Å². The van der Waals surface area contributed by atoms with Gasteiger partial charge in [0.15, 0.2) is 0 Å². The third kappa shape index (κ3) is 4.98. The Morgan fingerprint density at radius 1 is 1.03 bits per heavy atom. The maximum Gasteiger partial charge on any atom is 0.375 e. The molecule has 8 nitrogen and oxygen atoms in total. The highest BCUT2D eigenvalue weighted by Gasteiger charge is 2.39. The Balaban J connectivity index is 1.97. The van der Waals surface area contributed by atoms with Gasteiger partial charge in [0, 0.05) is 11.1 Å². The molecule has 0 bridgehead atoms. The summed E-state index contributed by atoms with van der Waals surface area (Å²) in [6.07, 6.45) is 1.61. The van der Waals surface area contributed by atoms with Gasteiger partial charge in [0.2, 0.25) is 5.91 Å². The molecule has 0 aliphatic heterocycles. The Hall–Kier alpha value is -2.80. The van der Waals surface area contributed by atoms with Crippen molar-refractivity contribution in [2.24, 2.45) is 0 Å². The van der Waals surface area contributed by atoms with Crippen LogP contribution in [-0.2, 0) is 13.6 Å². The summed E-state index contributed by atoms with van der Waals surface area (Å²) < 4.78 is 25.7. The van der Waals surface area contributed by atoms with Crippen LogP contribution < -0.4 is 5.32 Å². The first-order valence-corrected chi connectivity index (χ1v) is 10.9. The fourth-order valence-corrected chi connectivity index (χ4v) is 4.51. The molecule has 0 radical (unpaired) electrons. The summed E-state index contributed by atoms with van der Waals surface area (Å²) in [5.74, 6) is -1.59. The molecular weight excluding hydrogens is 391 g/mol. The molecular formula is C20H23N4O4P. The van der Waals surface area contributed by atoms with Crippen LogP contribution in [0.4, 0.5) is 0 Å². The molecule has 0 aliphatic carbocycles. The van der Waals surface area contributed by atoms with Crippen LogP contribution in [0, 0.1) is 0 Å². The van der Waals surface area contributed by atoms with Crippen molar-refractivity contribution in [3.05, 3.63) is 72.4 Å². The second-order valence-corrected chi connectivity index (χ2v) is 8.12. The van der Waals surface area contributed by atoms with Gasteiger partial charge in [0.05, 0.1) is 19.4 Å². The normalized spacial score (nSPS) is 12.5. The van der Waals surface area contributed by atoms with Crippen molar-refractivity contribution >= 4 is 13.5 Å². The number of amides is 1. The number of carbonyl (C=O) groups excluding carboxylic acids is 1. The van der Waals surface area contributed by atoms with Crippen LogP contribution in [-0.4, -0.2) is 34.1 Å². The van der Waals surface area contributed by atoms with Crippen LogP contribution in [0.15, 0.2) is 66.9 Å². The minimum absolute atomic E-state index is 0.148. The Labute approximate surface area is 169 Å². The van der Waals surface area contributed by atoms with Crippen molar-refractivity contribution in [2.45, 2.75) is 19.8 Å². The summed E-state index contributed by atoms with van der Waals surface area (Å²) in [6, 6.07) is 18.1. The highest BCUT2D eigenvalue weighted by atomic mass is 31.2. The van der Waals surface area contributed by atoms with E-state index in [2.05, 4.69) is 15.6 Å². The van der Waals surface area contributed by atoms with Crippen molar-refractivity contribution < 1.29 is 18.4 Å². The minimum atomic E-state index is -3.78. The van der Waals surface area contributed by atoms with Gasteiger partial charge < -0.3 is 14.4 Å². The van der Waals surface area contributed by atoms with E-state index in [1.54, 1.807) is 44.3 Å². The van der Waals surface area contributed by atoms with E-state index < -0.39 is 19.4 Å². The van der Waals surface area contributed by atoms with Gasteiger partial charge in [-0.2, -0.15) is 0 Å². The lowest BCUT2D eigenvalue weighted by atomic mass is 10.2. The van der Waals surface area contributed by atoms with E-state index in [0.717, 1.165) is 5.56 Å². The lowest BCUT2D eigenvalue weighted by Crippen LogP contribution is -2.34. The number of carbonyl (C=O) groups is 1. The molecule has 1 N–H and O–H groups in total. The van der Waals surface area contributed by atoms with Gasteiger partial charge in [0.25, 0.3) is 5.91 Å². The van der Waals surface area contributed by atoms with E-state index in [-0.39, 0.29) is 13.2 Å². The second-order valence-electron chi connectivity index (χ2n) is 6.04. The fraction of sp³-hybridized carbons (Fsp3) is 0.250. The van der Waals surface area contributed by atoms with Gasteiger partial charge in [-0.1, -0.05) is 53.7 Å². The van der Waals surface area contributed by atoms with Gasteiger partial charge in [-0.05, 0) is 26.0 Å². The molecule has 1 atom stereocenters. The van der Waals surface area contributed by atoms with Crippen molar-refractivity contribution in [1.82, 2.24) is 20.3 Å². The van der Waals surface area contributed by atoms with E-state index in [9.17, 15) is 9.36 Å². The largest absolute Gasteiger partial charge is 0.375 e. The average Bonchev–Trinajstić information content (AvgIpc) is 3.23. The van der Waals surface area contributed by atoms with Gasteiger partial charge >= 0.3 is 7.60 Å². The average molecular weight is 414 g/mol. The Morgan fingerprint density at radius 2 is 1.62 bits per heavy atom.